The highest BCUT2D eigenvalue weighted by atomic mass is 79.9. The van der Waals surface area contributed by atoms with Crippen molar-refractivity contribution in [3.63, 3.8) is 0 Å². The van der Waals surface area contributed by atoms with Crippen molar-refractivity contribution in [1.29, 1.82) is 0 Å². The lowest BCUT2D eigenvalue weighted by Crippen LogP contribution is -2.25. The van der Waals surface area contributed by atoms with Gasteiger partial charge in [0.15, 0.2) is 0 Å². The first-order valence-electron chi connectivity index (χ1n) is 6.53. The van der Waals surface area contributed by atoms with E-state index in [2.05, 4.69) is 21.2 Å². The summed E-state index contributed by atoms with van der Waals surface area (Å²) >= 11 is 3.36. The highest BCUT2D eigenvalue weighted by Crippen LogP contribution is 2.29. The summed E-state index contributed by atoms with van der Waals surface area (Å²) < 4.78 is 0.922. The van der Waals surface area contributed by atoms with Gasteiger partial charge in [-0.15, -0.1) is 0 Å². The van der Waals surface area contributed by atoms with Crippen LogP contribution >= 0.6 is 15.9 Å². The molecule has 2 rings (SSSR count). The van der Waals surface area contributed by atoms with Crippen molar-refractivity contribution in [1.82, 2.24) is 0 Å². The van der Waals surface area contributed by atoms with Crippen molar-refractivity contribution in [2.24, 2.45) is 5.92 Å². The number of hydrogen-bond acceptors (Lipinski definition) is 2. The van der Waals surface area contributed by atoms with Gasteiger partial charge in [-0.1, -0.05) is 27.6 Å². The predicted molar refractivity (Wildman–Crippen MR) is 80.4 cm³/mol. The van der Waals surface area contributed by atoms with Crippen molar-refractivity contribution < 1.29 is 14.7 Å². The first kappa shape index (κ1) is 14.8. The van der Waals surface area contributed by atoms with Gasteiger partial charge in [0.1, 0.15) is 0 Å². The van der Waals surface area contributed by atoms with E-state index in [-0.39, 0.29) is 11.8 Å². The molecule has 1 aliphatic rings. The van der Waals surface area contributed by atoms with E-state index in [1.165, 1.54) is 6.08 Å². The Kier molecular flexibility index (Phi) is 4.95. The van der Waals surface area contributed by atoms with Gasteiger partial charge in [-0.2, -0.15) is 0 Å². The Morgan fingerprint density at radius 2 is 2.00 bits per heavy atom. The Bertz CT molecular complexity index is 544. The molecule has 20 heavy (non-hydrogen) atoms. The molecule has 1 fully saturated rings. The molecule has 5 heteroatoms. The van der Waals surface area contributed by atoms with Crippen LogP contribution < -0.4 is 5.32 Å². The molecule has 1 aromatic carbocycles. The Labute approximate surface area is 126 Å². The van der Waals surface area contributed by atoms with Crippen LogP contribution in [0.15, 0.2) is 40.4 Å². The Morgan fingerprint density at radius 1 is 1.30 bits per heavy atom. The van der Waals surface area contributed by atoms with Crippen LogP contribution in [0.3, 0.4) is 0 Å². The number of amides is 1. The molecular weight excluding hydrogens is 322 g/mol. The number of carbonyl (C=O) groups is 2. The molecule has 0 saturated heterocycles. The minimum absolute atomic E-state index is 0.0116. The topological polar surface area (TPSA) is 66.4 Å². The number of carbonyl (C=O) groups excluding carboxylic acids is 1. The Balaban J connectivity index is 1.90. The zero-order chi connectivity index (χ0) is 14.5. The molecule has 1 saturated carbocycles. The molecule has 1 aliphatic carbocycles. The van der Waals surface area contributed by atoms with Crippen molar-refractivity contribution in [3.8, 4) is 0 Å². The third-order valence-corrected chi connectivity index (χ3v) is 3.91. The van der Waals surface area contributed by atoms with Crippen LogP contribution in [0.5, 0.6) is 0 Å². The van der Waals surface area contributed by atoms with Crippen molar-refractivity contribution in [3.05, 3.63) is 40.4 Å². The quantitative estimate of drug-likeness (QED) is 0.828. The standard InChI is InChI=1S/C15H16BrNO3/c16-12-2-1-3-13(9-12)17-15(20)11-6-4-10(5-7-11)8-14(18)19/h1-3,8-9,11H,4-7H2,(H,17,20)(H,18,19). The van der Waals surface area contributed by atoms with Crippen LogP contribution in [0.2, 0.25) is 0 Å². The summed E-state index contributed by atoms with van der Waals surface area (Å²) in [6, 6.07) is 7.48. The largest absolute Gasteiger partial charge is 0.478 e. The number of nitrogens with one attached hydrogen (secondary N) is 1. The maximum Gasteiger partial charge on any atom is 0.328 e. The second kappa shape index (κ2) is 6.70. The van der Waals surface area contributed by atoms with Crippen molar-refractivity contribution in [2.45, 2.75) is 25.7 Å². The number of anilines is 1. The molecule has 1 amide bonds. The molecule has 2 N–H and O–H groups in total. The van der Waals surface area contributed by atoms with E-state index < -0.39 is 5.97 Å². The van der Waals surface area contributed by atoms with Gasteiger partial charge in [-0.05, 0) is 43.9 Å². The van der Waals surface area contributed by atoms with E-state index in [4.69, 9.17) is 5.11 Å². The SMILES string of the molecule is O=C(O)C=C1CCC(C(=O)Nc2cccc(Br)c2)CC1. The number of halogens is 1. The lowest BCUT2D eigenvalue weighted by atomic mass is 9.85. The summed E-state index contributed by atoms with van der Waals surface area (Å²) in [7, 11) is 0. The van der Waals surface area contributed by atoms with Crippen LogP contribution in [0, 0.1) is 5.92 Å². The highest BCUT2D eigenvalue weighted by Gasteiger charge is 2.23. The summed E-state index contributed by atoms with van der Waals surface area (Å²) in [5.41, 5.74) is 1.69. The molecule has 0 aromatic heterocycles. The fraction of sp³-hybridized carbons (Fsp3) is 0.333. The second-order valence-electron chi connectivity index (χ2n) is 4.91. The fourth-order valence-electron chi connectivity index (χ4n) is 2.38. The lowest BCUT2D eigenvalue weighted by molar-refractivity contribution is -0.131. The second-order valence-corrected chi connectivity index (χ2v) is 5.83. The number of allylic oxidation sites excluding steroid dienone is 1. The minimum atomic E-state index is -0.906. The summed E-state index contributed by atoms with van der Waals surface area (Å²) in [4.78, 5) is 22.7. The van der Waals surface area contributed by atoms with E-state index in [1.54, 1.807) is 0 Å². The molecular formula is C15H16BrNO3. The Morgan fingerprint density at radius 3 is 2.60 bits per heavy atom. The number of benzene rings is 1. The maximum absolute atomic E-state index is 12.1. The fourth-order valence-corrected chi connectivity index (χ4v) is 2.78. The predicted octanol–water partition coefficient (Wildman–Crippen LogP) is 3.59. The highest BCUT2D eigenvalue weighted by molar-refractivity contribution is 9.10. The maximum atomic E-state index is 12.1. The monoisotopic (exact) mass is 337 g/mol. The average molecular weight is 338 g/mol. The molecule has 0 atom stereocenters. The molecule has 0 spiro atoms. The van der Waals surface area contributed by atoms with Gasteiger partial charge in [0.2, 0.25) is 5.91 Å². The number of carboxylic acids is 1. The van der Waals surface area contributed by atoms with Crippen LogP contribution in [-0.2, 0) is 9.59 Å². The van der Waals surface area contributed by atoms with E-state index in [1.807, 2.05) is 24.3 Å². The molecule has 4 nitrogen and oxygen atoms in total. The van der Waals surface area contributed by atoms with E-state index in [0.29, 0.717) is 25.7 Å². The average Bonchev–Trinajstić information content (AvgIpc) is 2.38. The number of aliphatic carboxylic acids is 1. The number of carboxylic acid groups (broad SMARTS) is 1. The lowest BCUT2D eigenvalue weighted by Gasteiger charge is -2.22. The Hall–Kier alpha value is -1.62. The van der Waals surface area contributed by atoms with Gasteiger partial charge in [0, 0.05) is 22.2 Å². The van der Waals surface area contributed by atoms with Crippen molar-refractivity contribution in [2.75, 3.05) is 5.32 Å². The van der Waals surface area contributed by atoms with Crippen LogP contribution in [0.1, 0.15) is 25.7 Å². The molecule has 0 unspecified atom stereocenters. The molecule has 106 valence electrons. The van der Waals surface area contributed by atoms with Gasteiger partial charge in [-0.3, -0.25) is 4.79 Å². The number of hydrogen-bond donors (Lipinski definition) is 2. The first-order chi connectivity index (χ1) is 9.54. The van der Waals surface area contributed by atoms with Gasteiger partial charge < -0.3 is 10.4 Å². The normalized spacial score (nSPS) is 18.4. The molecule has 0 bridgehead atoms. The zero-order valence-electron chi connectivity index (χ0n) is 10.9. The molecule has 0 heterocycles. The van der Waals surface area contributed by atoms with E-state index in [9.17, 15) is 9.59 Å². The zero-order valence-corrected chi connectivity index (χ0v) is 12.5. The molecule has 1 aromatic rings. The third kappa shape index (κ3) is 4.20. The summed E-state index contributed by atoms with van der Waals surface area (Å²) in [6.45, 7) is 0. The van der Waals surface area contributed by atoms with Gasteiger partial charge in [-0.25, -0.2) is 4.79 Å². The smallest absolute Gasteiger partial charge is 0.328 e. The first-order valence-corrected chi connectivity index (χ1v) is 7.32. The summed E-state index contributed by atoms with van der Waals surface area (Å²) in [5.74, 6) is -0.936. The van der Waals surface area contributed by atoms with Gasteiger partial charge >= 0.3 is 5.97 Å². The van der Waals surface area contributed by atoms with Gasteiger partial charge in [0.25, 0.3) is 0 Å². The van der Waals surface area contributed by atoms with Crippen LogP contribution in [0.25, 0.3) is 0 Å². The molecule has 0 radical (unpaired) electrons. The number of rotatable bonds is 3. The summed E-state index contributed by atoms with van der Waals surface area (Å²) in [6.07, 6.45) is 4.05. The van der Waals surface area contributed by atoms with Gasteiger partial charge in [0.05, 0.1) is 0 Å². The minimum Gasteiger partial charge on any atom is -0.478 e. The van der Waals surface area contributed by atoms with Crippen LogP contribution in [-0.4, -0.2) is 17.0 Å². The van der Waals surface area contributed by atoms with Crippen LogP contribution in [0.4, 0.5) is 5.69 Å². The van der Waals surface area contributed by atoms with E-state index >= 15 is 0 Å². The molecule has 0 aliphatic heterocycles. The third-order valence-electron chi connectivity index (χ3n) is 3.42. The van der Waals surface area contributed by atoms with E-state index in [0.717, 1.165) is 15.7 Å². The summed E-state index contributed by atoms with van der Waals surface area (Å²) in [5, 5.41) is 11.6. The van der Waals surface area contributed by atoms with Crippen molar-refractivity contribution >= 4 is 33.5 Å².